The molecule has 3 aromatic rings. The first-order valence-electron chi connectivity index (χ1n) is 13.5. The molecule has 3 amide bonds. The van der Waals surface area contributed by atoms with Crippen molar-refractivity contribution in [1.82, 2.24) is 20.1 Å². The van der Waals surface area contributed by atoms with Crippen molar-refractivity contribution in [3.05, 3.63) is 87.6 Å². The zero-order valence-electron chi connectivity index (χ0n) is 22.8. The highest BCUT2D eigenvalue weighted by molar-refractivity contribution is 6.31. The van der Waals surface area contributed by atoms with Crippen molar-refractivity contribution >= 4 is 35.0 Å². The van der Waals surface area contributed by atoms with Crippen LogP contribution < -0.4 is 16.0 Å². The number of anilines is 2. The molecule has 2 fully saturated rings. The number of carbonyl (C=O) groups excluding carboxylic acids is 2. The minimum absolute atomic E-state index is 0.229. The number of hydrogen-bond donors (Lipinski definition) is 3. The maximum Gasteiger partial charge on any atom is 0.320 e. The van der Waals surface area contributed by atoms with Gasteiger partial charge in [-0.15, -0.1) is 0 Å². The highest BCUT2D eigenvalue weighted by atomic mass is 35.5. The fourth-order valence-corrected chi connectivity index (χ4v) is 4.59. The molecule has 0 unspecified atom stereocenters. The fraction of sp³-hybridized carbons (Fsp3) is 0.323. The number of nitrogens with one attached hydrogen (secondary N) is 3. The van der Waals surface area contributed by atoms with Crippen LogP contribution in [-0.4, -0.2) is 66.0 Å². The molecule has 8 nitrogen and oxygen atoms in total. The van der Waals surface area contributed by atoms with Crippen LogP contribution in [0.25, 0.3) is 0 Å². The van der Waals surface area contributed by atoms with Gasteiger partial charge in [0.15, 0.2) is 0 Å². The molecular weight excluding hydrogens is 524 g/mol. The van der Waals surface area contributed by atoms with Crippen molar-refractivity contribution in [3.8, 4) is 11.8 Å². The first-order valence-corrected chi connectivity index (χ1v) is 13.9. The van der Waals surface area contributed by atoms with Gasteiger partial charge in [-0.25, -0.2) is 9.78 Å². The van der Waals surface area contributed by atoms with Crippen LogP contribution in [0, 0.1) is 18.8 Å². The lowest BCUT2D eigenvalue weighted by atomic mass is 10.0. The Morgan fingerprint density at radius 3 is 2.50 bits per heavy atom. The lowest BCUT2D eigenvalue weighted by molar-refractivity contribution is 0.102. The average Bonchev–Trinajstić information content (AvgIpc) is 3.75. The third kappa shape index (κ3) is 7.60. The molecule has 2 aromatic carbocycles. The highest BCUT2D eigenvalue weighted by Gasteiger charge is 2.23. The van der Waals surface area contributed by atoms with Gasteiger partial charge in [-0.05, 0) is 74.3 Å². The number of carbonyl (C=O) groups is 2. The van der Waals surface area contributed by atoms with Gasteiger partial charge in [0.1, 0.15) is 5.82 Å². The highest BCUT2D eigenvalue weighted by Crippen LogP contribution is 2.24. The van der Waals surface area contributed by atoms with Crippen molar-refractivity contribution in [2.24, 2.45) is 0 Å². The van der Waals surface area contributed by atoms with E-state index >= 15 is 0 Å². The van der Waals surface area contributed by atoms with E-state index in [0.717, 1.165) is 62.3 Å². The Bertz CT molecular complexity index is 1450. The summed E-state index contributed by atoms with van der Waals surface area (Å²) in [6, 6.07) is 14.7. The summed E-state index contributed by atoms with van der Waals surface area (Å²) in [5, 5.41) is 9.18. The first-order chi connectivity index (χ1) is 19.3. The molecule has 1 aliphatic heterocycles. The molecule has 1 aromatic heterocycles. The van der Waals surface area contributed by atoms with Gasteiger partial charge in [-0.2, -0.15) is 0 Å². The fourth-order valence-electron chi connectivity index (χ4n) is 4.35. The van der Waals surface area contributed by atoms with Gasteiger partial charge in [-0.3, -0.25) is 15.0 Å². The van der Waals surface area contributed by atoms with Crippen LogP contribution in [0.2, 0.25) is 5.02 Å². The second-order valence-electron chi connectivity index (χ2n) is 10.4. The maximum absolute atomic E-state index is 13.0. The molecule has 0 bridgehead atoms. The van der Waals surface area contributed by atoms with Gasteiger partial charge < -0.3 is 15.5 Å². The van der Waals surface area contributed by atoms with Gasteiger partial charge in [-0.1, -0.05) is 35.6 Å². The topological polar surface area (TPSA) is 89.6 Å². The third-order valence-corrected chi connectivity index (χ3v) is 7.41. The Labute approximate surface area is 240 Å². The Morgan fingerprint density at radius 2 is 1.80 bits per heavy atom. The van der Waals surface area contributed by atoms with Crippen molar-refractivity contribution in [3.63, 3.8) is 0 Å². The van der Waals surface area contributed by atoms with Crippen LogP contribution in [0.1, 0.15) is 45.5 Å². The molecule has 1 saturated carbocycles. The number of amides is 3. The van der Waals surface area contributed by atoms with Crippen molar-refractivity contribution < 1.29 is 9.59 Å². The molecule has 1 aliphatic carbocycles. The third-order valence-electron chi connectivity index (χ3n) is 7.06. The lowest BCUT2D eigenvalue weighted by Gasteiger charge is -2.32. The van der Waals surface area contributed by atoms with E-state index in [-0.39, 0.29) is 18.0 Å². The quantitative estimate of drug-likeness (QED) is 0.382. The van der Waals surface area contributed by atoms with Crippen LogP contribution in [0.3, 0.4) is 0 Å². The van der Waals surface area contributed by atoms with Gasteiger partial charge in [0.2, 0.25) is 0 Å². The summed E-state index contributed by atoms with van der Waals surface area (Å²) < 4.78 is 0. The molecule has 3 N–H and O–H groups in total. The normalized spacial score (nSPS) is 15.6. The number of urea groups is 1. The van der Waals surface area contributed by atoms with E-state index in [2.05, 4.69) is 49.6 Å². The van der Waals surface area contributed by atoms with E-state index in [1.54, 1.807) is 36.5 Å². The summed E-state index contributed by atoms with van der Waals surface area (Å²) in [6.07, 6.45) is 3.66. The molecule has 5 rings (SSSR count). The Kier molecular flexibility index (Phi) is 8.66. The number of piperazine rings is 1. The molecule has 2 aliphatic rings. The molecule has 0 atom stereocenters. The van der Waals surface area contributed by atoms with Crippen LogP contribution in [0.15, 0.2) is 54.7 Å². The monoisotopic (exact) mass is 556 g/mol. The molecule has 0 spiro atoms. The van der Waals surface area contributed by atoms with E-state index in [0.29, 0.717) is 27.7 Å². The zero-order valence-corrected chi connectivity index (χ0v) is 23.5. The van der Waals surface area contributed by atoms with E-state index in [1.807, 2.05) is 25.1 Å². The Morgan fingerprint density at radius 1 is 1.00 bits per heavy atom. The smallest absolute Gasteiger partial charge is 0.320 e. The maximum atomic E-state index is 13.0. The number of halogens is 1. The van der Waals surface area contributed by atoms with E-state index in [9.17, 15) is 9.59 Å². The van der Waals surface area contributed by atoms with E-state index in [4.69, 9.17) is 11.6 Å². The summed E-state index contributed by atoms with van der Waals surface area (Å²) in [7, 11) is 2.14. The number of pyridine rings is 1. The number of aryl methyl sites for hydroxylation is 1. The molecule has 0 radical (unpaired) electrons. The minimum Gasteiger partial charge on any atom is -0.335 e. The lowest BCUT2D eigenvalue weighted by Crippen LogP contribution is -2.43. The van der Waals surface area contributed by atoms with E-state index in [1.165, 1.54) is 0 Å². The van der Waals surface area contributed by atoms with Crippen LogP contribution in [-0.2, 0) is 6.54 Å². The Hall–Kier alpha value is -3.90. The standard InChI is InChI=1S/C31H33ClN6O2/c1-21-3-6-24(17-23(21)7-4-22-5-12-29(33-19-22)36-31(40)35-26-10-11-26)30(39)34-27-9-8-25(28(32)18-27)20-38-15-13-37(2)14-16-38/h3,5-6,8-9,12,17-19,26H,10-11,13-16,20H2,1-2H3,(H,34,39)(H2,33,35,36,40). The molecule has 1 saturated heterocycles. The van der Waals surface area contributed by atoms with Crippen molar-refractivity contribution in [1.29, 1.82) is 0 Å². The Balaban J connectivity index is 1.20. The summed E-state index contributed by atoms with van der Waals surface area (Å²) in [4.78, 5) is 33.9. The largest absolute Gasteiger partial charge is 0.335 e. The predicted molar refractivity (Wildman–Crippen MR) is 159 cm³/mol. The molecule has 40 heavy (non-hydrogen) atoms. The second-order valence-corrected chi connectivity index (χ2v) is 10.8. The van der Waals surface area contributed by atoms with Gasteiger partial charge in [0.25, 0.3) is 5.91 Å². The number of rotatable bonds is 6. The predicted octanol–water partition coefficient (Wildman–Crippen LogP) is 4.73. The second kappa shape index (κ2) is 12.5. The minimum atomic E-state index is -0.247. The number of likely N-dealkylation sites (N-methyl/N-ethyl adjacent to an activating group) is 1. The van der Waals surface area contributed by atoms with E-state index < -0.39 is 0 Å². The molecular formula is C31H33ClN6O2. The number of hydrogen-bond acceptors (Lipinski definition) is 5. The zero-order chi connectivity index (χ0) is 28.1. The summed E-state index contributed by atoms with van der Waals surface area (Å²) >= 11 is 6.57. The summed E-state index contributed by atoms with van der Waals surface area (Å²) in [5.41, 5.74) is 4.62. The van der Waals surface area contributed by atoms with Crippen LogP contribution in [0.5, 0.6) is 0 Å². The van der Waals surface area contributed by atoms with Crippen molar-refractivity contribution in [2.75, 3.05) is 43.9 Å². The summed E-state index contributed by atoms with van der Waals surface area (Å²) in [6.45, 7) is 6.88. The molecule has 206 valence electrons. The van der Waals surface area contributed by atoms with Gasteiger partial charge >= 0.3 is 6.03 Å². The van der Waals surface area contributed by atoms with Crippen LogP contribution in [0.4, 0.5) is 16.3 Å². The SMILES string of the molecule is Cc1ccc(C(=O)Nc2ccc(CN3CCN(C)CC3)c(Cl)c2)cc1C#Cc1ccc(NC(=O)NC2CC2)nc1. The molecule has 2 heterocycles. The number of nitrogens with zero attached hydrogens (tertiary/aromatic N) is 3. The van der Waals surface area contributed by atoms with Crippen LogP contribution >= 0.6 is 11.6 Å². The average molecular weight is 557 g/mol. The van der Waals surface area contributed by atoms with Crippen molar-refractivity contribution in [2.45, 2.75) is 32.4 Å². The van der Waals surface area contributed by atoms with Gasteiger partial charge in [0.05, 0.1) is 0 Å². The van der Waals surface area contributed by atoms with Gasteiger partial charge in [0, 0.05) is 72.4 Å². The number of aromatic nitrogens is 1. The number of benzene rings is 2. The molecule has 9 heteroatoms. The first kappa shape index (κ1) is 27.7. The summed E-state index contributed by atoms with van der Waals surface area (Å²) in [5.74, 6) is 6.47.